The van der Waals surface area contributed by atoms with Crippen LogP contribution >= 0.6 is 0 Å². The topological polar surface area (TPSA) is 245 Å². The third kappa shape index (κ3) is 11.5. The third-order valence-electron chi connectivity index (χ3n) is 7.42. The molecule has 0 heterocycles. The number of aromatic hydroxyl groups is 2. The van der Waals surface area contributed by atoms with Gasteiger partial charge in [0.25, 0.3) is 0 Å². The Balaban J connectivity index is 1.39. The summed E-state index contributed by atoms with van der Waals surface area (Å²) in [5.74, 6) is -5.40. The number of ether oxygens (including phenoxy) is 4. The van der Waals surface area contributed by atoms with Crippen molar-refractivity contribution in [1.82, 2.24) is 0 Å². The molecule has 16 nitrogen and oxygen atoms in total. The molecule has 4 rings (SSSR count). The van der Waals surface area contributed by atoms with E-state index in [-0.39, 0.29) is 47.3 Å². The van der Waals surface area contributed by atoms with Crippen LogP contribution in [-0.2, 0) is 54.6 Å². The summed E-state index contributed by atoms with van der Waals surface area (Å²) < 4.78 is 21.0. The van der Waals surface area contributed by atoms with Crippen LogP contribution in [0.2, 0.25) is 0 Å². The average molecular weight is 723 g/mol. The number of aryl methyl sites for hydroxylation is 2. The Bertz CT molecular complexity index is 1730. The molecule has 6 N–H and O–H groups in total. The molecule has 0 saturated heterocycles. The monoisotopic (exact) mass is 722 g/mol. The Morgan fingerprint density at radius 1 is 0.462 bits per heavy atom. The van der Waals surface area contributed by atoms with Crippen LogP contribution in [0.3, 0.4) is 0 Å². The lowest BCUT2D eigenvalue weighted by atomic mass is 9.98. The predicted molar refractivity (Wildman–Crippen MR) is 177 cm³/mol. The lowest BCUT2D eigenvalue weighted by Crippen LogP contribution is -2.14. The predicted octanol–water partition coefficient (Wildman–Crippen LogP) is 3.78. The number of carboxylic acid groups (broad SMARTS) is 2. The van der Waals surface area contributed by atoms with Crippen LogP contribution in [0, 0.1) is 0 Å². The maximum atomic E-state index is 11.2. The van der Waals surface area contributed by atoms with Crippen molar-refractivity contribution in [2.75, 3.05) is 26.4 Å². The molecule has 4 aromatic carbocycles. The average Bonchev–Trinajstić information content (AvgIpc) is 3.13. The highest BCUT2D eigenvalue weighted by atomic mass is 17.1. The molecule has 0 atom stereocenters. The first-order valence-corrected chi connectivity index (χ1v) is 15.4. The van der Waals surface area contributed by atoms with Crippen molar-refractivity contribution < 1.29 is 78.8 Å². The van der Waals surface area contributed by atoms with Gasteiger partial charge in [-0.15, -0.1) is 0 Å². The van der Waals surface area contributed by atoms with Crippen LogP contribution in [0.15, 0.2) is 72.8 Å². The van der Waals surface area contributed by atoms with Crippen LogP contribution in [0.25, 0.3) is 0 Å². The maximum absolute atomic E-state index is 11.2. The van der Waals surface area contributed by atoms with E-state index in [0.29, 0.717) is 24.0 Å². The van der Waals surface area contributed by atoms with Crippen LogP contribution < -0.4 is 18.9 Å². The van der Waals surface area contributed by atoms with Crippen molar-refractivity contribution in [2.24, 2.45) is 0 Å². The number of carbonyl (C=O) groups excluding carboxylic acids is 2. The number of carbonyl (C=O) groups is 4. The second-order valence-electron chi connectivity index (χ2n) is 11.2. The smallest absolute Gasteiger partial charge is 0.379 e. The lowest BCUT2D eigenvalue weighted by Gasteiger charge is -2.15. The van der Waals surface area contributed by atoms with Gasteiger partial charge in [-0.25, -0.2) is 19.2 Å². The van der Waals surface area contributed by atoms with Gasteiger partial charge >= 0.3 is 23.9 Å². The van der Waals surface area contributed by atoms with Gasteiger partial charge in [-0.3, -0.25) is 9.78 Å². The highest BCUT2D eigenvalue weighted by Crippen LogP contribution is 2.37. The molecule has 0 aromatic heterocycles. The second kappa shape index (κ2) is 18.5. The van der Waals surface area contributed by atoms with Crippen molar-refractivity contribution in [3.8, 4) is 34.5 Å². The Hall–Kier alpha value is -6.52. The van der Waals surface area contributed by atoms with Crippen molar-refractivity contribution in [1.29, 1.82) is 0 Å². The fourth-order valence-electron chi connectivity index (χ4n) is 4.94. The van der Waals surface area contributed by atoms with Gasteiger partial charge < -0.3 is 39.4 Å². The molecule has 0 aliphatic carbocycles. The molecule has 0 fully saturated rings. The zero-order valence-corrected chi connectivity index (χ0v) is 27.4. The molecule has 0 unspecified atom stereocenters. The first kappa shape index (κ1) is 38.3. The van der Waals surface area contributed by atoms with Crippen molar-refractivity contribution in [3.05, 3.63) is 106 Å². The Kier molecular flexibility index (Phi) is 13.6. The van der Waals surface area contributed by atoms with Gasteiger partial charge in [0.2, 0.25) is 0 Å². The van der Waals surface area contributed by atoms with Gasteiger partial charge in [0.05, 0.1) is 0 Å². The van der Waals surface area contributed by atoms with E-state index in [1.807, 2.05) is 48.5 Å². The van der Waals surface area contributed by atoms with E-state index in [0.717, 1.165) is 22.3 Å². The highest BCUT2D eigenvalue weighted by molar-refractivity contribution is 5.71. The summed E-state index contributed by atoms with van der Waals surface area (Å²) in [6, 6.07) is 20.6. The van der Waals surface area contributed by atoms with Gasteiger partial charge in [-0.1, -0.05) is 48.5 Å². The molecule has 0 bridgehead atoms. The molecular weight excluding hydrogens is 688 g/mol. The number of hydrogen-bond acceptors (Lipinski definition) is 14. The van der Waals surface area contributed by atoms with E-state index >= 15 is 0 Å². The largest absolute Gasteiger partial charge is 0.504 e. The molecule has 0 aliphatic rings. The molecule has 0 spiro atoms. The molecule has 4 aromatic rings. The Labute approximate surface area is 295 Å². The zero-order valence-electron chi connectivity index (χ0n) is 27.4. The van der Waals surface area contributed by atoms with Crippen molar-refractivity contribution >= 4 is 23.9 Å². The van der Waals surface area contributed by atoms with Gasteiger partial charge in [-0.2, -0.15) is 10.5 Å². The van der Waals surface area contributed by atoms with E-state index in [2.05, 4.69) is 9.78 Å². The normalized spacial score (nSPS) is 10.6. The second-order valence-corrected chi connectivity index (χ2v) is 11.2. The SMILES string of the molecule is O=C(O)COc1cc(OCC(=O)OO)c(O)cc1Cc1ccc(CCc2ccc(Cc3cc(O)c(OCC(=O)OO)cc3OCC(=O)O)cc2)cc1. The molecular formula is C36H34O16. The molecule has 0 amide bonds. The first-order valence-electron chi connectivity index (χ1n) is 15.4. The van der Waals surface area contributed by atoms with Crippen molar-refractivity contribution in [3.63, 3.8) is 0 Å². The van der Waals surface area contributed by atoms with Crippen LogP contribution in [-0.4, -0.2) is 81.2 Å². The summed E-state index contributed by atoms with van der Waals surface area (Å²) in [5.41, 5.74) is 4.71. The van der Waals surface area contributed by atoms with Gasteiger partial charge in [0.15, 0.2) is 49.4 Å². The minimum absolute atomic E-state index is 0.120. The van der Waals surface area contributed by atoms with E-state index in [1.54, 1.807) is 0 Å². The fraction of sp³-hybridized carbons (Fsp3) is 0.222. The summed E-state index contributed by atoms with van der Waals surface area (Å²) in [4.78, 5) is 51.7. The van der Waals surface area contributed by atoms with Crippen LogP contribution in [0.5, 0.6) is 34.5 Å². The minimum atomic E-state index is -1.22. The Morgan fingerprint density at radius 2 is 0.788 bits per heavy atom. The summed E-state index contributed by atoms with van der Waals surface area (Å²) in [6.07, 6.45) is 1.97. The van der Waals surface area contributed by atoms with E-state index in [4.69, 9.17) is 39.7 Å². The van der Waals surface area contributed by atoms with Crippen LogP contribution in [0.4, 0.5) is 0 Å². The lowest BCUT2D eigenvalue weighted by molar-refractivity contribution is -0.236. The molecule has 274 valence electrons. The van der Waals surface area contributed by atoms with Crippen molar-refractivity contribution in [2.45, 2.75) is 25.7 Å². The standard InChI is InChI=1S/C36H34O16/c37-27-13-25(29(47-17-33(39)40)15-31(27)49-19-35(43)51-45)11-23-7-3-21(4-8-23)1-2-22-5-9-24(10-6-22)12-26-14-28(38)32(50-20-36(44)52-46)16-30(26)48-18-34(41)42/h3-10,13-16,37-38,45-46H,1-2,11-12,17-20H2,(H,39,40)(H,41,42). The highest BCUT2D eigenvalue weighted by Gasteiger charge is 2.17. The summed E-state index contributed by atoms with van der Waals surface area (Å²) in [6.45, 7) is -2.72. The van der Waals surface area contributed by atoms with E-state index in [9.17, 15) is 29.4 Å². The number of benzene rings is 4. The summed E-state index contributed by atoms with van der Waals surface area (Å²) in [5, 5.41) is 55.8. The number of hydrogen-bond donors (Lipinski definition) is 6. The number of rotatable bonds is 19. The minimum Gasteiger partial charge on any atom is -0.504 e. The summed E-state index contributed by atoms with van der Waals surface area (Å²) in [7, 11) is 0. The van der Waals surface area contributed by atoms with Gasteiger partial charge in [0.1, 0.15) is 11.5 Å². The molecule has 16 heteroatoms. The fourth-order valence-corrected chi connectivity index (χ4v) is 4.94. The number of carboxylic acids is 2. The van der Waals surface area contributed by atoms with E-state index < -0.39 is 50.3 Å². The Morgan fingerprint density at radius 3 is 1.12 bits per heavy atom. The number of phenols is 2. The van der Waals surface area contributed by atoms with E-state index in [1.165, 1.54) is 24.3 Å². The van der Waals surface area contributed by atoms with Gasteiger partial charge in [-0.05, 0) is 47.2 Å². The first-order chi connectivity index (χ1) is 24.9. The maximum Gasteiger partial charge on any atom is 0.379 e. The molecule has 52 heavy (non-hydrogen) atoms. The molecule has 0 aliphatic heterocycles. The number of phenolic OH excluding ortho intramolecular Hbond substituents is 2. The number of aliphatic carboxylic acids is 2. The molecule has 0 radical (unpaired) electrons. The zero-order chi connectivity index (χ0) is 37.6. The third-order valence-corrected chi connectivity index (χ3v) is 7.42. The molecule has 0 saturated carbocycles. The van der Waals surface area contributed by atoms with Gasteiger partial charge in [0, 0.05) is 36.1 Å². The van der Waals surface area contributed by atoms with Crippen LogP contribution in [0.1, 0.15) is 33.4 Å². The quantitative estimate of drug-likeness (QED) is 0.0595. The summed E-state index contributed by atoms with van der Waals surface area (Å²) >= 11 is 0.